The number of aromatic nitrogens is 3. The number of pyridine rings is 1. The number of benzene rings is 2. The molecular formula is C24H24N6O. The minimum absolute atomic E-state index is 0.161. The van der Waals surface area contributed by atoms with Crippen molar-refractivity contribution in [2.75, 3.05) is 36.4 Å². The molecule has 2 aromatic heterocycles. The molecular weight excluding hydrogens is 388 g/mol. The van der Waals surface area contributed by atoms with Gasteiger partial charge in [0.2, 0.25) is 0 Å². The summed E-state index contributed by atoms with van der Waals surface area (Å²) in [5, 5.41) is 8.33. The molecule has 31 heavy (non-hydrogen) atoms. The molecule has 0 bridgehead atoms. The number of carbonyl (C=O) groups is 1. The standard InChI is InChI=1S/C24H24N6O/c1-29-16-26-15-22(29)17-5-6-19-14-27-23(13-20(19)11-17)28-24(31)18-3-2-4-21(12-18)30-9-7-25-8-10-30/h2-6,11-16,25H,7-10H2,1H3,(H,27,28,31). The maximum Gasteiger partial charge on any atom is 0.256 e. The number of rotatable bonds is 4. The molecule has 5 rings (SSSR count). The van der Waals surface area contributed by atoms with Crippen LogP contribution in [0.5, 0.6) is 0 Å². The van der Waals surface area contributed by atoms with Gasteiger partial charge in [-0.05, 0) is 35.7 Å². The molecule has 0 radical (unpaired) electrons. The number of piperazine rings is 1. The number of amides is 1. The van der Waals surface area contributed by atoms with Crippen LogP contribution < -0.4 is 15.5 Å². The summed E-state index contributed by atoms with van der Waals surface area (Å²) >= 11 is 0. The van der Waals surface area contributed by atoms with E-state index in [4.69, 9.17) is 0 Å². The first-order chi connectivity index (χ1) is 15.2. The smallest absolute Gasteiger partial charge is 0.256 e. The lowest BCUT2D eigenvalue weighted by molar-refractivity contribution is 0.102. The minimum atomic E-state index is -0.161. The van der Waals surface area contributed by atoms with Crippen molar-refractivity contribution in [2.45, 2.75) is 0 Å². The van der Waals surface area contributed by atoms with E-state index in [0.29, 0.717) is 11.4 Å². The lowest BCUT2D eigenvalue weighted by Gasteiger charge is -2.29. The Hall–Kier alpha value is -3.71. The molecule has 1 aliphatic heterocycles. The van der Waals surface area contributed by atoms with E-state index in [9.17, 15) is 4.79 Å². The molecule has 2 N–H and O–H groups in total. The van der Waals surface area contributed by atoms with Crippen LogP contribution in [0.3, 0.4) is 0 Å². The summed E-state index contributed by atoms with van der Waals surface area (Å²) in [6.45, 7) is 3.79. The maximum absolute atomic E-state index is 12.9. The molecule has 0 atom stereocenters. The predicted molar refractivity (Wildman–Crippen MR) is 123 cm³/mol. The van der Waals surface area contributed by atoms with Gasteiger partial charge in [-0.25, -0.2) is 9.97 Å². The highest BCUT2D eigenvalue weighted by Crippen LogP contribution is 2.25. The van der Waals surface area contributed by atoms with Gasteiger partial charge in [0.05, 0.1) is 18.2 Å². The SMILES string of the molecule is Cn1cncc1-c1ccc2cnc(NC(=O)c3cccc(N4CCNCC4)c3)cc2c1. The highest BCUT2D eigenvalue weighted by molar-refractivity contribution is 6.05. The first kappa shape index (κ1) is 19.3. The Bertz CT molecular complexity index is 1240. The number of hydrogen-bond acceptors (Lipinski definition) is 5. The zero-order chi connectivity index (χ0) is 21.2. The molecule has 1 amide bonds. The van der Waals surface area contributed by atoms with Crippen LogP contribution in [0, 0.1) is 0 Å². The molecule has 0 aliphatic carbocycles. The van der Waals surface area contributed by atoms with Gasteiger partial charge in [0.15, 0.2) is 0 Å². The summed E-state index contributed by atoms with van der Waals surface area (Å²) in [5.41, 5.74) is 3.80. The quantitative estimate of drug-likeness (QED) is 0.538. The summed E-state index contributed by atoms with van der Waals surface area (Å²) in [6, 6.07) is 15.9. The fourth-order valence-corrected chi connectivity index (χ4v) is 3.96. The van der Waals surface area contributed by atoms with Crippen molar-refractivity contribution < 1.29 is 4.79 Å². The second-order valence-corrected chi connectivity index (χ2v) is 7.76. The van der Waals surface area contributed by atoms with Crippen molar-refractivity contribution in [1.82, 2.24) is 19.9 Å². The first-order valence-corrected chi connectivity index (χ1v) is 10.4. The summed E-state index contributed by atoms with van der Waals surface area (Å²) in [7, 11) is 1.97. The minimum Gasteiger partial charge on any atom is -0.369 e. The van der Waals surface area contributed by atoms with Crippen molar-refractivity contribution in [1.29, 1.82) is 0 Å². The van der Waals surface area contributed by atoms with Crippen LogP contribution in [-0.2, 0) is 7.05 Å². The predicted octanol–water partition coefficient (Wildman–Crippen LogP) is 3.30. The topological polar surface area (TPSA) is 75.1 Å². The van der Waals surface area contributed by atoms with Crippen LogP contribution in [0.4, 0.5) is 11.5 Å². The van der Waals surface area contributed by atoms with E-state index >= 15 is 0 Å². The molecule has 0 saturated carbocycles. The number of anilines is 2. The molecule has 1 saturated heterocycles. The Morgan fingerprint density at radius 1 is 1.03 bits per heavy atom. The van der Waals surface area contributed by atoms with Gasteiger partial charge < -0.3 is 20.1 Å². The highest BCUT2D eigenvalue weighted by atomic mass is 16.1. The van der Waals surface area contributed by atoms with Crippen LogP contribution >= 0.6 is 0 Å². The largest absolute Gasteiger partial charge is 0.369 e. The van der Waals surface area contributed by atoms with Gasteiger partial charge in [-0.1, -0.05) is 18.2 Å². The van der Waals surface area contributed by atoms with Crippen LogP contribution in [0.15, 0.2) is 67.3 Å². The van der Waals surface area contributed by atoms with Crippen molar-refractivity contribution in [3.05, 3.63) is 72.8 Å². The summed E-state index contributed by atoms with van der Waals surface area (Å²) in [5.74, 6) is 0.374. The molecule has 1 fully saturated rings. The Balaban J connectivity index is 1.38. The number of carbonyl (C=O) groups excluding carboxylic acids is 1. The molecule has 1 aliphatic rings. The molecule has 7 nitrogen and oxygen atoms in total. The van der Waals surface area contributed by atoms with Gasteiger partial charge in [0.1, 0.15) is 5.82 Å². The summed E-state index contributed by atoms with van der Waals surface area (Å²) in [4.78, 5) is 23.8. The van der Waals surface area contributed by atoms with Gasteiger partial charge in [-0.15, -0.1) is 0 Å². The monoisotopic (exact) mass is 412 g/mol. The van der Waals surface area contributed by atoms with Gasteiger partial charge in [-0.2, -0.15) is 0 Å². The van der Waals surface area contributed by atoms with Crippen molar-refractivity contribution in [2.24, 2.45) is 7.05 Å². The lowest BCUT2D eigenvalue weighted by atomic mass is 10.1. The number of nitrogens with one attached hydrogen (secondary N) is 2. The Morgan fingerprint density at radius 2 is 1.90 bits per heavy atom. The van der Waals surface area contributed by atoms with Gasteiger partial charge in [0.25, 0.3) is 5.91 Å². The summed E-state index contributed by atoms with van der Waals surface area (Å²) in [6.07, 6.45) is 5.41. The van der Waals surface area contributed by atoms with E-state index in [2.05, 4.69) is 43.7 Å². The van der Waals surface area contributed by atoms with Crippen molar-refractivity contribution >= 4 is 28.2 Å². The Labute approximate surface area is 180 Å². The highest BCUT2D eigenvalue weighted by Gasteiger charge is 2.14. The normalized spacial score (nSPS) is 14.0. The van der Waals surface area contributed by atoms with Crippen LogP contribution in [-0.4, -0.2) is 46.6 Å². The molecule has 3 heterocycles. The van der Waals surface area contributed by atoms with Crippen LogP contribution in [0.25, 0.3) is 22.0 Å². The van der Waals surface area contributed by atoms with E-state index in [-0.39, 0.29) is 5.91 Å². The van der Waals surface area contributed by atoms with Gasteiger partial charge >= 0.3 is 0 Å². The number of imidazole rings is 1. The third-order valence-corrected chi connectivity index (χ3v) is 5.67. The average molecular weight is 412 g/mol. The van der Waals surface area contributed by atoms with E-state index in [1.807, 2.05) is 48.1 Å². The lowest BCUT2D eigenvalue weighted by Crippen LogP contribution is -2.43. The zero-order valence-corrected chi connectivity index (χ0v) is 17.4. The van der Waals surface area contributed by atoms with Gasteiger partial charge in [0, 0.05) is 61.6 Å². The van der Waals surface area contributed by atoms with E-state index in [1.165, 1.54) is 0 Å². The van der Waals surface area contributed by atoms with Crippen LogP contribution in [0.1, 0.15) is 10.4 Å². The Kier molecular flexibility index (Phi) is 5.09. The number of aryl methyl sites for hydroxylation is 1. The fourth-order valence-electron chi connectivity index (χ4n) is 3.96. The molecule has 0 unspecified atom stereocenters. The molecule has 2 aromatic carbocycles. The van der Waals surface area contributed by atoms with E-state index < -0.39 is 0 Å². The van der Waals surface area contributed by atoms with Crippen LogP contribution in [0.2, 0.25) is 0 Å². The number of hydrogen-bond donors (Lipinski definition) is 2. The summed E-state index contributed by atoms with van der Waals surface area (Å²) < 4.78 is 1.98. The second-order valence-electron chi connectivity index (χ2n) is 7.76. The number of nitrogens with zero attached hydrogens (tertiary/aromatic N) is 4. The fraction of sp³-hybridized carbons (Fsp3) is 0.208. The molecule has 156 valence electrons. The second kappa shape index (κ2) is 8.20. The zero-order valence-electron chi connectivity index (χ0n) is 17.4. The van der Waals surface area contributed by atoms with E-state index in [1.54, 1.807) is 12.5 Å². The average Bonchev–Trinajstić information content (AvgIpc) is 3.25. The third kappa shape index (κ3) is 4.00. The maximum atomic E-state index is 12.9. The number of fused-ring (bicyclic) bond motifs is 1. The van der Waals surface area contributed by atoms with Crippen molar-refractivity contribution in [3.8, 4) is 11.3 Å². The molecule has 4 aromatic rings. The molecule has 7 heteroatoms. The first-order valence-electron chi connectivity index (χ1n) is 10.4. The van der Waals surface area contributed by atoms with Gasteiger partial charge in [-0.3, -0.25) is 4.79 Å². The van der Waals surface area contributed by atoms with E-state index in [0.717, 1.165) is 53.9 Å². The Morgan fingerprint density at radius 3 is 2.71 bits per heavy atom. The van der Waals surface area contributed by atoms with Crippen molar-refractivity contribution in [3.63, 3.8) is 0 Å². The molecule has 0 spiro atoms. The third-order valence-electron chi connectivity index (χ3n) is 5.67.